The summed E-state index contributed by atoms with van der Waals surface area (Å²) >= 11 is 11.7. The third kappa shape index (κ3) is 5.35. The third-order valence-electron chi connectivity index (χ3n) is 2.30. The molecule has 2 N–H and O–H groups in total. The van der Waals surface area contributed by atoms with E-state index in [4.69, 9.17) is 11.6 Å². The maximum Gasteiger partial charge on any atom is 0.279 e. The average molecular weight is 406 g/mol. The van der Waals surface area contributed by atoms with Crippen LogP contribution in [0.25, 0.3) is 0 Å². The lowest BCUT2D eigenvalue weighted by Gasteiger charge is -2.06. The number of hydrogen-bond acceptors (Lipinski definition) is 4. The summed E-state index contributed by atoms with van der Waals surface area (Å²) in [6, 6.07) is 10.6. The molecule has 0 unspecified atom stereocenters. The van der Waals surface area contributed by atoms with E-state index >= 15 is 0 Å². The number of amides is 2. The van der Waals surface area contributed by atoms with E-state index in [1.165, 1.54) is 23.1 Å². The molecule has 0 saturated carbocycles. The Balaban J connectivity index is 1.74. The summed E-state index contributed by atoms with van der Waals surface area (Å²) in [7, 11) is 0. The molecule has 21 heavy (non-hydrogen) atoms. The van der Waals surface area contributed by atoms with Gasteiger partial charge < -0.3 is 0 Å². The normalized spacial score (nSPS) is 10.2. The Morgan fingerprint density at radius 3 is 2.48 bits per heavy atom. The van der Waals surface area contributed by atoms with E-state index in [2.05, 4.69) is 26.8 Å². The lowest BCUT2D eigenvalue weighted by Crippen LogP contribution is -2.42. The first kappa shape index (κ1) is 16.4. The zero-order chi connectivity index (χ0) is 15.2. The third-order valence-corrected chi connectivity index (χ3v) is 5.18. The Labute approximate surface area is 143 Å². The van der Waals surface area contributed by atoms with Gasteiger partial charge in [-0.25, -0.2) is 0 Å². The first-order valence-electron chi connectivity index (χ1n) is 5.77. The van der Waals surface area contributed by atoms with Gasteiger partial charge in [0.05, 0.1) is 14.4 Å². The van der Waals surface area contributed by atoms with Crippen molar-refractivity contribution >= 4 is 62.4 Å². The van der Waals surface area contributed by atoms with Gasteiger partial charge >= 0.3 is 0 Å². The fraction of sp³-hybridized carbons (Fsp3) is 0.0769. The van der Waals surface area contributed by atoms with Gasteiger partial charge in [-0.15, -0.1) is 23.1 Å². The minimum Gasteiger partial charge on any atom is -0.272 e. The number of hydrogen-bond donors (Lipinski definition) is 2. The van der Waals surface area contributed by atoms with Gasteiger partial charge in [0.25, 0.3) is 5.91 Å². The van der Waals surface area contributed by atoms with E-state index in [0.29, 0.717) is 9.90 Å². The minimum absolute atomic E-state index is 0.204. The van der Waals surface area contributed by atoms with Crippen LogP contribution in [0.1, 0.15) is 9.67 Å². The number of carbonyl (C=O) groups is 2. The largest absolute Gasteiger partial charge is 0.279 e. The van der Waals surface area contributed by atoms with E-state index < -0.39 is 0 Å². The highest BCUT2D eigenvalue weighted by molar-refractivity contribution is 9.11. The summed E-state index contributed by atoms with van der Waals surface area (Å²) in [5.74, 6) is -0.412. The van der Waals surface area contributed by atoms with Crippen LogP contribution in [0.2, 0.25) is 5.02 Å². The number of halogens is 2. The predicted octanol–water partition coefficient (Wildman–Crippen LogP) is 3.72. The van der Waals surface area contributed by atoms with Gasteiger partial charge in [-0.2, -0.15) is 0 Å². The van der Waals surface area contributed by atoms with Crippen molar-refractivity contribution in [2.45, 2.75) is 4.90 Å². The first-order valence-corrected chi connectivity index (χ1v) is 8.75. The highest BCUT2D eigenvalue weighted by Crippen LogP contribution is 2.22. The van der Waals surface area contributed by atoms with Crippen molar-refractivity contribution < 1.29 is 9.59 Å². The van der Waals surface area contributed by atoms with Crippen LogP contribution in [-0.2, 0) is 4.79 Å². The molecule has 0 spiro atoms. The van der Waals surface area contributed by atoms with E-state index in [1.807, 2.05) is 12.1 Å². The summed E-state index contributed by atoms with van der Waals surface area (Å²) in [6.07, 6.45) is 0. The van der Waals surface area contributed by atoms with Crippen LogP contribution in [0.15, 0.2) is 45.1 Å². The lowest BCUT2D eigenvalue weighted by atomic mass is 10.4. The molecule has 0 atom stereocenters. The number of hydrazine groups is 1. The molecule has 110 valence electrons. The van der Waals surface area contributed by atoms with Gasteiger partial charge in [-0.05, 0) is 52.3 Å². The Bertz CT molecular complexity index is 646. The number of rotatable bonds is 4. The topological polar surface area (TPSA) is 58.2 Å². The van der Waals surface area contributed by atoms with E-state index in [1.54, 1.807) is 24.3 Å². The van der Waals surface area contributed by atoms with Crippen molar-refractivity contribution in [2.24, 2.45) is 0 Å². The second-order valence-corrected chi connectivity index (χ2v) is 7.80. The standard InChI is InChI=1S/C13H10BrClN2O2S2/c14-11-6-5-10(21-11)13(19)17-16-12(18)7-20-9-3-1-8(15)2-4-9/h1-6H,7H2,(H,16,18)(H,17,19). The van der Waals surface area contributed by atoms with Crippen LogP contribution < -0.4 is 10.9 Å². The lowest BCUT2D eigenvalue weighted by molar-refractivity contribution is -0.119. The fourth-order valence-corrected chi connectivity index (χ4v) is 3.45. The zero-order valence-corrected chi connectivity index (χ0v) is 14.5. The van der Waals surface area contributed by atoms with Crippen molar-refractivity contribution in [3.63, 3.8) is 0 Å². The fourth-order valence-electron chi connectivity index (χ4n) is 1.34. The summed E-state index contributed by atoms with van der Waals surface area (Å²) in [4.78, 5) is 24.8. The van der Waals surface area contributed by atoms with E-state index in [9.17, 15) is 9.59 Å². The number of thioether (sulfide) groups is 1. The Hall–Kier alpha value is -1.02. The quantitative estimate of drug-likeness (QED) is 0.602. The molecule has 0 radical (unpaired) electrons. The zero-order valence-electron chi connectivity index (χ0n) is 10.6. The highest BCUT2D eigenvalue weighted by atomic mass is 79.9. The number of nitrogens with one attached hydrogen (secondary N) is 2. The Kier molecular flexibility index (Phi) is 6.10. The minimum atomic E-state index is -0.337. The molecule has 1 aromatic carbocycles. The molecule has 0 aliphatic rings. The number of carbonyl (C=O) groups excluding carboxylic acids is 2. The molecule has 1 aromatic heterocycles. The van der Waals surface area contributed by atoms with Crippen LogP contribution in [-0.4, -0.2) is 17.6 Å². The van der Waals surface area contributed by atoms with Crippen molar-refractivity contribution in [3.05, 3.63) is 50.1 Å². The second-order valence-electron chi connectivity index (χ2n) is 3.85. The van der Waals surface area contributed by atoms with Crippen LogP contribution >= 0.6 is 50.6 Å². The molecule has 1 heterocycles. The molecule has 2 amide bonds. The van der Waals surface area contributed by atoms with Crippen molar-refractivity contribution in [2.75, 3.05) is 5.75 Å². The van der Waals surface area contributed by atoms with Crippen molar-refractivity contribution in [1.82, 2.24) is 10.9 Å². The van der Waals surface area contributed by atoms with Gasteiger partial charge in [-0.3, -0.25) is 20.4 Å². The van der Waals surface area contributed by atoms with Gasteiger partial charge in [0.15, 0.2) is 0 Å². The van der Waals surface area contributed by atoms with Gasteiger partial charge in [0.1, 0.15) is 0 Å². The molecule has 2 rings (SSSR count). The predicted molar refractivity (Wildman–Crippen MR) is 89.8 cm³/mol. The molecule has 0 fully saturated rings. The molecule has 0 saturated heterocycles. The molecule has 0 aliphatic carbocycles. The summed E-state index contributed by atoms with van der Waals surface area (Å²) in [5, 5.41) is 0.651. The van der Waals surface area contributed by atoms with Gasteiger partial charge in [0.2, 0.25) is 5.91 Å². The Morgan fingerprint density at radius 2 is 1.86 bits per heavy atom. The van der Waals surface area contributed by atoms with Gasteiger partial charge in [0, 0.05) is 9.92 Å². The molecule has 0 bridgehead atoms. The maximum absolute atomic E-state index is 11.7. The smallest absolute Gasteiger partial charge is 0.272 e. The highest BCUT2D eigenvalue weighted by Gasteiger charge is 2.09. The van der Waals surface area contributed by atoms with Crippen LogP contribution in [0.5, 0.6) is 0 Å². The second kappa shape index (κ2) is 7.84. The van der Waals surface area contributed by atoms with Crippen LogP contribution in [0.3, 0.4) is 0 Å². The van der Waals surface area contributed by atoms with Gasteiger partial charge in [-0.1, -0.05) is 11.6 Å². The van der Waals surface area contributed by atoms with Crippen molar-refractivity contribution in [3.8, 4) is 0 Å². The average Bonchev–Trinajstić information content (AvgIpc) is 2.91. The molecule has 2 aromatic rings. The monoisotopic (exact) mass is 404 g/mol. The summed E-state index contributed by atoms with van der Waals surface area (Å²) in [5.41, 5.74) is 4.75. The molecular weight excluding hydrogens is 396 g/mol. The van der Waals surface area contributed by atoms with E-state index in [-0.39, 0.29) is 17.6 Å². The molecule has 0 aliphatic heterocycles. The summed E-state index contributed by atoms with van der Waals surface area (Å²) in [6.45, 7) is 0. The molecule has 8 heteroatoms. The Morgan fingerprint density at radius 1 is 1.14 bits per heavy atom. The SMILES string of the molecule is O=C(CSc1ccc(Cl)cc1)NNC(=O)c1ccc(Br)s1. The van der Waals surface area contributed by atoms with E-state index in [0.717, 1.165) is 8.68 Å². The maximum atomic E-state index is 11.7. The number of benzene rings is 1. The first-order chi connectivity index (χ1) is 10.0. The van der Waals surface area contributed by atoms with Crippen LogP contribution in [0, 0.1) is 0 Å². The molecule has 4 nitrogen and oxygen atoms in total. The van der Waals surface area contributed by atoms with Crippen LogP contribution in [0.4, 0.5) is 0 Å². The molecular formula is C13H10BrClN2O2S2. The van der Waals surface area contributed by atoms with Crippen molar-refractivity contribution in [1.29, 1.82) is 0 Å². The number of thiophene rings is 1. The summed E-state index contributed by atoms with van der Waals surface area (Å²) < 4.78 is 0.859.